The molecule has 3 heterocycles. The summed E-state index contributed by atoms with van der Waals surface area (Å²) in [6.07, 6.45) is -8.19. The fourth-order valence-electron chi connectivity index (χ4n) is 8.74. The number of hydrogen-bond acceptors (Lipinski definition) is 14. The quantitative estimate of drug-likeness (QED) is 0.237. The van der Waals surface area contributed by atoms with Crippen LogP contribution in [0.2, 0.25) is 0 Å². The minimum atomic E-state index is -1.80. The molecule has 322 valence electrons. The second-order valence-electron chi connectivity index (χ2n) is 17.2. The minimum absolute atomic E-state index is 0. The molecule has 3 aliphatic heterocycles. The Balaban J connectivity index is 0.00000729. The Labute approximate surface area is 336 Å². The van der Waals surface area contributed by atoms with Gasteiger partial charge < -0.3 is 63.8 Å². The van der Waals surface area contributed by atoms with Crippen molar-refractivity contribution in [2.45, 2.75) is 185 Å². The summed E-state index contributed by atoms with van der Waals surface area (Å²) in [5, 5.41) is 58.1. The standard InChI is InChI=1S/C38H72N2O12.2ClH/c1-15-27-38(10,46)31(42)24(6)40(13)19-20(2)17-36(8,45)33(52-35-29(41)26(39(11)12)16-21(3)48-35)22(4)30(23(5)34(44)50-27)51-28-18-37(9,47-14)32(43)25(7)49-28;;/h20-33,35,41-43,45-46H,15-19H2,1-14H3;2*1H/t20-,21?,22+,23-,24-,25?,26?,27-,28?,29?,30+,31-,32?,33-,35?,36-,37?,38-;;/m1../s1. The summed E-state index contributed by atoms with van der Waals surface area (Å²) in [5.41, 5.74) is -4.37. The third kappa shape index (κ3) is 11.6. The van der Waals surface area contributed by atoms with Crippen molar-refractivity contribution in [2.75, 3.05) is 34.8 Å². The van der Waals surface area contributed by atoms with Crippen LogP contribution in [0.4, 0.5) is 0 Å². The third-order valence-corrected chi connectivity index (χ3v) is 12.2. The van der Waals surface area contributed by atoms with E-state index in [1.54, 1.807) is 41.5 Å². The Bertz CT molecular complexity index is 1160. The Hall–Kier alpha value is -0.430. The summed E-state index contributed by atoms with van der Waals surface area (Å²) in [5.74, 6) is -2.58. The first-order valence-corrected chi connectivity index (χ1v) is 19.1. The van der Waals surface area contributed by atoms with E-state index in [9.17, 15) is 30.3 Å². The molecule has 0 saturated carbocycles. The number of ether oxygens (including phenoxy) is 6. The van der Waals surface area contributed by atoms with Gasteiger partial charge in [0.05, 0.1) is 41.5 Å². The van der Waals surface area contributed by atoms with Gasteiger partial charge in [0.2, 0.25) is 0 Å². The van der Waals surface area contributed by atoms with Gasteiger partial charge in [-0.3, -0.25) is 4.79 Å². The lowest BCUT2D eigenvalue weighted by Gasteiger charge is -2.48. The van der Waals surface area contributed by atoms with E-state index in [0.29, 0.717) is 13.0 Å². The van der Waals surface area contributed by atoms with Gasteiger partial charge in [-0.1, -0.05) is 20.8 Å². The third-order valence-electron chi connectivity index (χ3n) is 12.2. The number of nitrogens with zero attached hydrogens (tertiary/aromatic N) is 2. The molecule has 3 aliphatic rings. The molecule has 0 aromatic carbocycles. The van der Waals surface area contributed by atoms with Gasteiger partial charge in [0.15, 0.2) is 12.6 Å². The first-order valence-electron chi connectivity index (χ1n) is 19.1. The Morgan fingerprint density at radius 2 is 1.52 bits per heavy atom. The van der Waals surface area contributed by atoms with Crippen molar-refractivity contribution in [3.8, 4) is 0 Å². The summed E-state index contributed by atoms with van der Waals surface area (Å²) in [6, 6.07) is -0.808. The van der Waals surface area contributed by atoms with Crippen molar-refractivity contribution in [1.29, 1.82) is 0 Å². The summed E-state index contributed by atoms with van der Waals surface area (Å²) in [7, 11) is 7.12. The lowest BCUT2D eigenvalue weighted by atomic mass is 9.77. The first kappa shape index (κ1) is 51.6. The van der Waals surface area contributed by atoms with E-state index in [-0.39, 0.29) is 62.1 Å². The lowest BCUT2D eigenvalue weighted by Crippen LogP contribution is -2.60. The van der Waals surface area contributed by atoms with Crippen LogP contribution in [0.1, 0.15) is 94.9 Å². The van der Waals surface area contributed by atoms with Crippen molar-refractivity contribution >= 4 is 30.8 Å². The molecule has 0 bridgehead atoms. The molecule has 18 atom stereocenters. The summed E-state index contributed by atoms with van der Waals surface area (Å²) in [4.78, 5) is 18.0. The van der Waals surface area contributed by atoms with Gasteiger partial charge in [-0.2, -0.15) is 0 Å². The van der Waals surface area contributed by atoms with Gasteiger partial charge in [-0.05, 0) is 94.8 Å². The van der Waals surface area contributed by atoms with E-state index in [0.717, 1.165) is 0 Å². The number of halogens is 2. The predicted molar refractivity (Wildman–Crippen MR) is 209 cm³/mol. The fraction of sp³-hybridized carbons (Fsp3) is 0.974. The normalized spacial score (nSPS) is 47.8. The van der Waals surface area contributed by atoms with E-state index < -0.39 is 96.0 Å². The maximum atomic E-state index is 14.2. The molecular weight excluding hydrogens is 747 g/mol. The van der Waals surface area contributed by atoms with Crippen LogP contribution in [-0.4, -0.2) is 166 Å². The topological polar surface area (TPSA) is 180 Å². The van der Waals surface area contributed by atoms with Crippen LogP contribution in [-0.2, 0) is 33.2 Å². The van der Waals surface area contributed by atoms with Crippen LogP contribution in [0.15, 0.2) is 0 Å². The molecule has 8 unspecified atom stereocenters. The van der Waals surface area contributed by atoms with Gasteiger partial charge in [0.1, 0.15) is 30.0 Å². The molecule has 0 amide bonds. The lowest BCUT2D eigenvalue weighted by molar-refractivity contribution is -0.318. The minimum Gasteiger partial charge on any atom is -0.459 e. The van der Waals surface area contributed by atoms with Gasteiger partial charge in [-0.15, -0.1) is 24.8 Å². The molecule has 3 rings (SSSR count). The Kier molecular flexibility index (Phi) is 19.6. The maximum Gasteiger partial charge on any atom is 0.311 e. The second kappa shape index (κ2) is 20.5. The molecule has 3 fully saturated rings. The van der Waals surface area contributed by atoms with Gasteiger partial charge >= 0.3 is 5.97 Å². The number of methoxy groups -OCH3 is 1. The van der Waals surface area contributed by atoms with Crippen LogP contribution in [0.25, 0.3) is 0 Å². The Morgan fingerprint density at radius 1 is 0.926 bits per heavy atom. The van der Waals surface area contributed by atoms with Crippen LogP contribution in [0, 0.1) is 17.8 Å². The van der Waals surface area contributed by atoms with Crippen LogP contribution < -0.4 is 0 Å². The molecule has 54 heavy (non-hydrogen) atoms. The average Bonchev–Trinajstić information content (AvgIpc) is 3.05. The van der Waals surface area contributed by atoms with Crippen molar-refractivity contribution in [2.24, 2.45) is 17.8 Å². The van der Waals surface area contributed by atoms with E-state index in [1.165, 1.54) is 14.0 Å². The number of esters is 1. The zero-order valence-electron chi connectivity index (χ0n) is 35.0. The summed E-state index contributed by atoms with van der Waals surface area (Å²) >= 11 is 0. The van der Waals surface area contributed by atoms with Crippen molar-refractivity contribution in [1.82, 2.24) is 9.80 Å². The van der Waals surface area contributed by atoms with Crippen molar-refractivity contribution < 1.29 is 58.7 Å². The second-order valence-corrected chi connectivity index (χ2v) is 17.2. The number of hydrogen-bond donors (Lipinski definition) is 5. The highest BCUT2D eigenvalue weighted by Crippen LogP contribution is 2.40. The summed E-state index contributed by atoms with van der Waals surface area (Å²) in [6.45, 7) is 18.0. The Morgan fingerprint density at radius 3 is 2.06 bits per heavy atom. The SMILES string of the molecule is CC[C@H]1OC(=O)[C@H](C)[C@@H](OC2CC(C)(OC)C(O)C(C)O2)[C@H](C)[C@@H](OC2OC(C)CC(N(C)C)C2O)[C@](C)(O)C[C@@H](C)CN(C)[C@H](C)[C@@H](O)[C@]1(C)O.Cl.Cl. The molecule has 0 radical (unpaired) electrons. The molecule has 14 nitrogen and oxygen atoms in total. The van der Waals surface area contributed by atoms with Gasteiger partial charge in [0.25, 0.3) is 0 Å². The zero-order valence-corrected chi connectivity index (χ0v) is 36.6. The number of carbonyl (C=O) groups excluding carboxylic acids is 1. The predicted octanol–water partition coefficient (Wildman–Crippen LogP) is 2.74. The fourth-order valence-corrected chi connectivity index (χ4v) is 8.74. The van der Waals surface area contributed by atoms with Crippen molar-refractivity contribution in [3.05, 3.63) is 0 Å². The molecule has 0 aliphatic carbocycles. The number of carbonyl (C=O) groups is 1. The van der Waals surface area contributed by atoms with Crippen LogP contribution in [0.5, 0.6) is 0 Å². The number of aliphatic hydroxyl groups excluding tert-OH is 3. The molecule has 16 heteroatoms. The monoisotopic (exact) mass is 820 g/mol. The molecule has 0 aromatic heterocycles. The number of likely N-dealkylation sites (N-methyl/N-ethyl adjacent to an activating group) is 2. The molecule has 0 spiro atoms. The smallest absolute Gasteiger partial charge is 0.311 e. The van der Waals surface area contributed by atoms with Crippen LogP contribution in [0.3, 0.4) is 0 Å². The highest BCUT2D eigenvalue weighted by molar-refractivity contribution is 5.85. The molecule has 3 saturated heterocycles. The van der Waals surface area contributed by atoms with E-state index in [2.05, 4.69) is 0 Å². The van der Waals surface area contributed by atoms with Crippen molar-refractivity contribution in [3.63, 3.8) is 0 Å². The maximum absolute atomic E-state index is 14.2. The highest BCUT2D eigenvalue weighted by Gasteiger charge is 2.52. The number of aliphatic hydroxyl groups is 5. The molecule has 0 aromatic rings. The summed E-state index contributed by atoms with van der Waals surface area (Å²) < 4.78 is 37.5. The number of rotatable bonds is 7. The molecular formula is C38H74Cl2N2O12. The van der Waals surface area contributed by atoms with E-state index in [4.69, 9.17) is 28.4 Å². The average molecular weight is 822 g/mol. The van der Waals surface area contributed by atoms with Gasteiger partial charge in [0, 0.05) is 38.1 Å². The van der Waals surface area contributed by atoms with E-state index >= 15 is 0 Å². The zero-order chi connectivity index (χ0) is 39.7. The highest BCUT2D eigenvalue weighted by atomic mass is 35.5. The largest absolute Gasteiger partial charge is 0.459 e. The first-order chi connectivity index (χ1) is 23.9. The van der Waals surface area contributed by atoms with Crippen LogP contribution >= 0.6 is 24.8 Å². The van der Waals surface area contributed by atoms with E-state index in [1.807, 2.05) is 51.7 Å². The number of cyclic esters (lactones) is 1. The molecule has 5 N–H and O–H groups in total. The van der Waals surface area contributed by atoms with Gasteiger partial charge in [-0.25, -0.2) is 0 Å².